The molecule has 1 amide bonds. The van der Waals surface area contributed by atoms with Crippen LogP contribution in [0, 0.1) is 5.82 Å². The van der Waals surface area contributed by atoms with E-state index in [0.717, 1.165) is 24.4 Å². The van der Waals surface area contributed by atoms with Crippen molar-refractivity contribution in [3.05, 3.63) is 46.7 Å². The number of nitrogens with zero attached hydrogens (tertiary/aromatic N) is 2. The monoisotopic (exact) mass is 320 g/mol. The van der Waals surface area contributed by atoms with E-state index in [1.54, 1.807) is 34.6 Å². The zero-order valence-electron chi connectivity index (χ0n) is 12.1. The van der Waals surface area contributed by atoms with Gasteiger partial charge in [-0.1, -0.05) is 12.1 Å². The van der Waals surface area contributed by atoms with E-state index in [2.05, 4.69) is 4.98 Å². The average molecular weight is 320 g/mol. The highest BCUT2D eigenvalue weighted by atomic mass is 32.1. The molecule has 1 aromatic carbocycles. The summed E-state index contributed by atoms with van der Waals surface area (Å²) < 4.78 is 18.8. The first kappa shape index (κ1) is 15.0. The zero-order chi connectivity index (χ0) is 15.4. The quantitative estimate of drug-likeness (QED) is 0.869. The first-order valence-corrected chi connectivity index (χ1v) is 8.16. The lowest BCUT2D eigenvalue weighted by molar-refractivity contribution is -0.134. The van der Waals surface area contributed by atoms with Crippen molar-refractivity contribution < 1.29 is 13.9 Å². The highest BCUT2D eigenvalue weighted by Gasteiger charge is 2.26. The van der Waals surface area contributed by atoms with Crippen LogP contribution in [-0.2, 0) is 4.79 Å². The number of benzene rings is 1. The summed E-state index contributed by atoms with van der Waals surface area (Å²) in [5, 5.41) is 3.03. The maximum absolute atomic E-state index is 13.5. The molecule has 1 unspecified atom stereocenters. The molecule has 2 heterocycles. The largest absolute Gasteiger partial charge is 0.481 e. The summed E-state index contributed by atoms with van der Waals surface area (Å²) in [7, 11) is 0. The van der Waals surface area contributed by atoms with Crippen LogP contribution < -0.4 is 4.74 Å². The van der Waals surface area contributed by atoms with E-state index in [0.29, 0.717) is 12.5 Å². The number of aromatic nitrogens is 1. The van der Waals surface area contributed by atoms with Crippen molar-refractivity contribution in [2.45, 2.75) is 18.8 Å². The minimum Gasteiger partial charge on any atom is -0.481 e. The SMILES string of the molecule is O=C(COc1ccccc1F)N1CCCC(c2nccs2)C1. The predicted molar refractivity (Wildman–Crippen MR) is 82.6 cm³/mol. The number of hydrogen-bond acceptors (Lipinski definition) is 4. The molecule has 6 heteroatoms. The number of piperidine rings is 1. The molecule has 2 aromatic rings. The smallest absolute Gasteiger partial charge is 0.260 e. The summed E-state index contributed by atoms with van der Waals surface area (Å²) in [6.45, 7) is 1.25. The van der Waals surface area contributed by atoms with E-state index in [1.807, 2.05) is 5.38 Å². The van der Waals surface area contributed by atoms with Crippen molar-refractivity contribution >= 4 is 17.2 Å². The molecule has 1 atom stereocenters. The van der Waals surface area contributed by atoms with Crippen molar-refractivity contribution in [1.82, 2.24) is 9.88 Å². The van der Waals surface area contributed by atoms with Crippen LogP contribution >= 0.6 is 11.3 Å². The first-order chi connectivity index (χ1) is 10.7. The van der Waals surface area contributed by atoms with Crippen molar-refractivity contribution in [1.29, 1.82) is 0 Å². The zero-order valence-corrected chi connectivity index (χ0v) is 12.9. The third-order valence-corrected chi connectivity index (χ3v) is 4.70. The maximum atomic E-state index is 13.5. The number of para-hydroxylation sites is 1. The molecule has 0 saturated carbocycles. The Bertz CT molecular complexity index is 633. The molecule has 0 spiro atoms. The van der Waals surface area contributed by atoms with Gasteiger partial charge in [-0.05, 0) is 25.0 Å². The highest BCUT2D eigenvalue weighted by Crippen LogP contribution is 2.28. The van der Waals surface area contributed by atoms with Gasteiger partial charge in [-0.15, -0.1) is 11.3 Å². The summed E-state index contributed by atoms with van der Waals surface area (Å²) in [6, 6.07) is 6.12. The number of likely N-dealkylation sites (tertiary alicyclic amines) is 1. The lowest BCUT2D eigenvalue weighted by Gasteiger charge is -2.31. The van der Waals surface area contributed by atoms with Crippen LogP contribution in [0.15, 0.2) is 35.8 Å². The third kappa shape index (κ3) is 3.44. The molecule has 1 aliphatic rings. The molecule has 22 heavy (non-hydrogen) atoms. The molecule has 1 aliphatic heterocycles. The molecule has 1 aromatic heterocycles. The Labute approximate surface area is 132 Å². The molecule has 1 fully saturated rings. The van der Waals surface area contributed by atoms with E-state index in [4.69, 9.17) is 4.74 Å². The second-order valence-electron chi connectivity index (χ2n) is 5.27. The predicted octanol–water partition coefficient (Wildman–Crippen LogP) is 3.07. The molecule has 3 rings (SSSR count). The average Bonchev–Trinajstić information content (AvgIpc) is 3.08. The lowest BCUT2D eigenvalue weighted by atomic mass is 9.99. The molecule has 0 radical (unpaired) electrons. The first-order valence-electron chi connectivity index (χ1n) is 7.28. The summed E-state index contributed by atoms with van der Waals surface area (Å²) >= 11 is 1.63. The Morgan fingerprint density at radius 2 is 2.32 bits per heavy atom. The molecule has 1 saturated heterocycles. The Hall–Kier alpha value is -1.95. The van der Waals surface area contributed by atoms with Crippen LogP contribution in [0.5, 0.6) is 5.75 Å². The minimum absolute atomic E-state index is 0.107. The number of carbonyl (C=O) groups excluding carboxylic acids is 1. The highest BCUT2D eigenvalue weighted by molar-refractivity contribution is 7.09. The normalized spacial score (nSPS) is 18.2. The van der Waals surface area contributed by atoms with Crippen LogP contribution in [0.4, 0.5) is 4.39 Å². The fourth-order valence-electron chi connectivity index (χ4n) is 2.63. The van der Waals surface area contributed by atoms with Gasteiger partial charge < -0.3 is 9.64 Å². The molecule has 0 bridgehead atoms. The number of hydrogen-bond donors (Lipinski definition) is 0. The van der Waals surface area contributed by atoms with Gasteiger partial charge in [-0.2, -0.15) is 0 Å². The van der Waals surface area contributed by atoms with Crippen molar-refractivity contribution in [3.63, 3.8) is 0 Å². The van der Waals surface area contributed by atoms with Gasteiger partial charge in [-0.3, -0.25) is 4.79 Å². The van der Waals surface area contributed by atoms with Gasteiger partial charge in [-0.25, -0.2) is 9.37 Å². The summed E-state index contributed by atoms with van der Waals surface area (Å²) in [4.78, 5) is 18.4. The van der Waals surface area contributed by atoms with Gasteiger partial charge in [0, 0.05) is 30.6 Å². The number of ether oxygens (including phenoxy) is 1. The van der Waals surface area contributed by atoms with Gasteiger partial charge >= 0.3 is 0 Å². The Morgan fingerprint density at radius 1 is 1.45 bits per heavy atom. The van der Waals surface area contributed by atoms with Crippen LogP contribution in [0.1, 0.15) is 23.8 Å². The van der Waals surface area contributed by atoms with Gasteiger partial charge in [0.15, 0.2) is 18.2 Å². The number of rotatable bonds is 4. The van der Waals surface area contributed by atoms with Crippen LogP contribution in [0.3, 0.4) is 0 Å². The Kier molecular flexibility index (Phi) is 4.68. The van der Waals surface area contributed by atoms with Crippen molar-refractivity contribution in [3.8, 4) is 5.75 Å². The lowest BCUT2D eigenvalue weighted by Crippen LogP contribution is -2.41. The maximum Gasteiger partial charge on any atom is 0.260 e. The van der Waals surface area contributed by atoms with E-state index in [9.17, 15) is 9.18 Å². The van der Waals surface area contributed by atoms with E-state index in [-0.39, 0.29) is 18.3 Å². The second-order valence-corrected chi connectivity index (χ2v) is 6.19. The topological polar surface area (TPSA) is 42.4 Å². The van der Waals surface area contributed by atoms with Gasteiger partial charge in [0.05, 0.1) is 5.01 Å². The standard InChI is InChI=1S/C16H17FN2O2S/c17-13-5-1-2-6-14(13)21-11-15(20)19-8-3-4-12(10-19)16-18-7-9-22-16/h1-2,5-7,9,12H,3-4,8,10-11H2. The number of halogens is 1. The van der Waals surface area contributed by atoms with Crippen LogP contribution in [0.2, 0.25) is 0 Å². The van der Waals surface area contributed by atoms with Crippen molar-refractivity contribution in [2.24, 2.45) is 0 Å². The van der Waals surface area contributed by atoms with Crippen LogP contribution in [-0.4, -0.2) is 35.5 Å². The molecule has 116 valence electrons. The third-order valence-electron chi connectivity index (χ3n) is 3.76. The van der Waals surface area contributed by atoms with E-state index < -0.39 is 5.82 Å². The fourth-order valence-corrected chi connectivity index (χ4v) is 3.40. The minimum atomic E-state index is -0.449. The number of thiazole rings is 1. The molecule has 0 N–H and O–H groups in total. The summed E-state index contributed by atoms with van der Waals surface area (Å²) in [5.41, 5.74) is 0. The summed E-state index contributed by atoms with van der Waals surface area (Å²) in [5.74, 6) is -0.144. The Balaban J connectivity index is 1.57. The van der Waals surface area contributed by atoms with Gasteiger partial charge in [0.2, 0.25) is 0 Å². The van der Waals surface area contributed by atoms with E-state index >= 15 is 0 Å². The molecule has 4 nitrogen and oxygen atoms in total. The Morgan fingerprint density at radius 3 is 3.09 bits per heavy atom. The van der Waals surface area contributed by atoms with Gasteiger partial charge in [0.25, 0.3) is 5.91 Å². The number of amides is 1. The summed E-state index contributed by atoms with van der Waals surface area (Å²) in [6.07, 6.45) is 3.79. The molecular weight excluding hydrogens is 303 g/mol. The van der Waals surface area contributed by atoms with Crippen molar-refractivity contribution in [2.75, 3.05) is 19.7 Å². The number of carbonyl (C=O) groups is 1. The van der Waals surface area contributed by atoms with Gasteiger partial charge in [0.1, 0.15) is 0 Å². The second kappa shape index (κ2) is 6.87. The fraction of sp³-hybridized carbons (Fsp3) is 0.375. The van der Waals surface area contributed by atoms with Crippen LogP contribution in [0.25, 0.3) is 0 Å². The molecule has 0 aliphatic carbocycles. The van der Waals surface area contributed by atoms with E-state index in [1.165, 1.54) is 12.1 Å². The molecular formula is C16H17FN2O2S.